The Bertz CT molecular complexity index is 661. The number of nitrogens with zero attached hydrogens (tertiary/aromatic N) is 1. The Morgan fingerprint density at radius 3 is 1.85 bits per heavy atom. The van der Waals surface area contributed by atoms with Gasteiger partial charge in [-0.05, 0) is 6.07 Å². The van der Waals surface area contributed by atoms with Crippen molar-refractivity contribution < 1.29 is 10.2 Å². The first kappa shape index (κ1) is 16.0. The molecule has 20 heavy (non-hydrogen) atoms. The Balaban J connectivity index is 2.73. The Labute approximate surface area is 139 Å². The third-order valence-electron chi connectivity index (χ3n) is 2.60. The molecule has 0 bridgehead atoms. The molecule has 1 aromatic carbocycles. The zero-order valence-electron chi connectivity index (χ0n) is 9.59. The molecule has 0 saturated heterocycles. The van der Waals surface area contributed by atoms with Gasteiger partial charge in [-0.15, -0.1) is 0 Å². The SMILES string of the molecule is OCc1ncc(-c2c(Cl)c(Cl)c(Cl)c(Cl)c2Cl)cc1O. The summed E-state index contributed by atoms with van der Waals surface area (Å²) in [5.74, 6) is -0.195. The van der Waals surface area contributed by atoms with E-state index in [4.69, 9.17) is 63.1 Å². The monoisotopic (exact) mass is 371 g/mol. The predicted octanol–water partition coefficient (Wildman–Crippen LogP) is 5.21. The fraction of sp³-hybridized carbons (Fsp3) is 0.0833. The maximum absolute atomic E-state index is 9.73. The molecule has 0 fully saturated rings. The molecule has 0 aliphatic heterocycles. The number of rotatable bonds is 2. The van der Waals surface area contributed by atoms with Crippen molar-refractivity contribution in [3.8, 4) is 16.9 Å². The van der Waals surface area contributed by atoms with E-state index in [1.807, 2.05) is 0 Å². The van der Waals surface area contributed by atoms with Crippen molar-refractivity contribution in [1.82, 2.24) is 4.98 Å². The molecule has 3 nitrogen and oxygen atoms in total. The van der Waals surface area contributed by atoms with Gasteiger partial charge in [0.2, 0.25) is 0 Å². The summed E-state index contributed by atoms with van der Waals surface area (Å²) in [4.78, 5) is 3.90. The summed E-state index contributed by atoms with van der Waals surface area (Å²) in [6, 6.07) is 1.35. The Morgan fingerprint density at radius 2 is 1.40 bits per heavy atom. The molecule has 0 aliphatic carbocycles. The number of aromatic nitrogens is 1. The first-order valence-electron chi connectivity index (χ1n) is 5.19. The van der Waals surface area contributed by atoms with Gasteiger partial charge in [0.25, 0.3) is 0 Å². The van der Waals surface area contributed by atoms with Crippen LogP contribution in [0.5, 0.6) is 5.75 Å². The number of aliphatic hydroxyl groups is 1. The van der Waals surface area contributed by atoms with E-state index < -0.39 is 6.61 Å². The van der Waals surface area contributed by atoms with Crippen molar-refractivity contribution in [2.75, 3.05) is 0 Å². The van der Waals surface area contributed by atoms with Crippen LogP contribution < -0.4 is 0 Å². The smallest absolute Gasteiger partial charge is 0.140 e. The topological polar surface area (TPSA) is 53.4 Å². The molecule has 0 aliphatic rings. The molecule has 2 N–H and O–H groups in total. The lowest BCUT2D eigenvalue weighted by molar-refractivity contribution is 0.270. The van der Waals surface area contributed by atoms with Gasteiger partial charge in [0.05, 0.1) is 31.7 Å². The molecule has 0 amide bonds. The molecule has 0 radical (unpaired) electrons. The molecule has 0 atom stereocenters. The van der Waals surface area contributed by atoms with Crippen molar-refractivity contribution >= 4 is 58.0 Å². The lowest BCUT2D eigenvalue weighted by atomic mass is 10.1. The number of hydrogen-bond donors (Lipinski definition) is 2. The van der Waals surface area contributed by atoms with Gasteiger partial charge in [-0.2, -0.15) is 0 Å². The van der Waals surface area contributed by atoms with Crippen LogP contribution in [-0.2, 0) is 6.61 Å². The summed E-state index contributed by atoms with van der Waals surface area (Å²) in [5.41, 5.74) is 0.836. The second-order valence-electron chi connectivity index (χ2n) is 3.79. The summed E-state index contributed by atoms with van der Waals surface area (Å²) in [5, 5.41) is 19.1. The minimum atomic E-state index is -0.393. The van der Waals surface area contributed by atoms with E-state index in [0.29, 0.717) is 11.1 Å². The van der Waals surface area contributed by atoms with Gasteiger partial charge in [-0.25, -0.2) is 0 Å². The van der Waals surface area contributed by atoms with Crippen molar-refractivity contribution in [1.29, 1.82) is 0 Å². The summed E-state index contributed by atoms with van der Waals surface area (Å²) in [6.45, 7) is -0.393. The van der Waals surface area contributed by atoms with Crippen molar-refractivity contribution in [3.63, 3.8) is 0 Å². The van der Waals surface area contributed by atoms with Crippen LogP contribution in [0.2, 0.25) is 25.1 Å². The summed E-state index contributed by atoms with van der Waals surface area (Å²) in [6.07, 6.45) is 1.39. The van der Waals surface area contributed by atoms with Gasteiger partial charge in [0.15, 0.2) is 0 Å². The summed E-state index contributed by atoms with van der Waals surface area (Å²) in [7, 11) is 0. The van der Waals surface area contributed by atoms with Crippen LogP contribution in [0.1, 0.15) is 5.69 Å². The van der Waals surface area contributed by atoms with Gasteiger partial charge in [-0.3, -0.25) is 4.98 Å². The average molecular weight is 373 g/mol. The molecule has 1 heterocycles. The third kappa shape index (κ3) is 2.67. The second kappa shape index (κ2) is 6.14. The molecule has 2 aromatic rings. The van der Waals surface area contributed by atoms with E-state index in [2.05, 4.69) is 4.98 Å². The Kier molecular flexibility index (Phi) is 4.90. The normalized spacial score (nSPS) is 10.9. The van der Waals surface area contributed by atoms with Crippen molar-refractivity contribution in [2.45, 2.75) is 6.61 Å². The molecular weight excluding hydrogens is 367 g/mol. The molecule has 0 spiro atoms. The van der Waals surface area contributed by atoms with Crippen molar-refractivity contribution in [3.05, 3.63) is 43.1 Å². The first-order valence-corrected chi connectivity index (χ1v) is 7.08. The number of halogens is 5. The van der Waals surface area contributed by atoms with Crippen LogP contribution in [0.4, 0.5) is 0 Å². The van der Waals surface area contributed by atoms with Crippen LogP contribution in [-0.4, -0.2) is 15.2 Å². The van der Waals surface area contributed by atoms with E-state index in [-0.39, 0.29) is 36.6 Å². The molecule has 0 saturated carbocycles. The standard InChI is InChI=1S/C12H6Cl5NO2/c13-8-7(9(14)11(16)12(17)10(8)15)4-1-6(20)5(3-19)18-2-4/h1-2,19-20H,3H2. The zero-order valence-corrected chi connectivity index (χ0v) is 13.4. The highest BCUT2D eigenvalue weighted by Crippen LogP contribution is 2.48. The van der Waals surface area contributed by atoms with Crippen molar-refractivity contribution in [2.24, 2.45) is 0 Å². The highest BCUT2D eigenvalue weighted by Gasteiger charge is 2.21. The van der Waals surface area contributed by atoms with Crippen LogP contribution in [0.15, 0.2) is 12.3 Å². The van der Waals surface area contributed by atoms with E-state index in [1.165, 1.54) is 12.3 Å². The van der Waals surface area contributed by atoms with Gasteiger partial charge < -0.3 is 10.2 Å². The number of benzene rings is 1. The van der Waals surface area contributed by atoms with E-state index >= 15 is 0 Å². The highest BCUT2D eigenvalue weighted by molar-refractivity contribution is 6.56. The largest absolute Gasteiger partial charge is 0.506 e. The number of hydrogen-bond acceptors (Lipinski definition) is 3. The quantitative estimate of drug-likeness (QED) is 0.561. The van der Waals surface area contributed by atoms with Crippen LogP contribution >= 0.6 is 58.0 Å². The summed E-state index contributed by atoms with van der Waals surface area (Å²) < 4.78 is 0. The Hall–Kier alpha value is -0.420. The van der Waals surface area contributed by atoms with Crippen LogP contribution in [0.25, 0.3) is 11.1 Å². The van der Waals surface area contributed by atoms with E-state index in [1.54, 1.807) is 0 Å². The molecule has 106 valence electrons. The lowest BCUT2D eigenvalue weighted by Gasteiger charge is -2.13. The number of aromatic hydroxyl groups is 1. The van der Waals surface area contributed by atoms with E-state index in [9.17, 15) is 5.11 Å². The highest BCUT2D eigenvalue weighted by atomic mass is 35.5. The average Bonchev–Trinajstić information content (AvgIpc) is 2.43. The van der Waals surface area contributed by atoms with Gasteiger partial charge in [0, 0.05) is 17.3 Å². The second-order valence-corrected chi connectivity index (χ2v) is 5.68. The zero-order chi connectivity index (χ0) is 15.0. The van der Waals surface area contributed by atoms with E-state index in [0.717, 1.165) is 0 Å². The summed E-state index contributed by atoms with van der Waals surface area (Å²) >= 11 is 30.1. The molecule has 0 unspecified atom stereocenters. The molecule has 1 aromatic heterocycles. The molecule has 2 rings (SSSR count). The van der Waals surface area contributed by atoms with Crippen LogP contribution in [0, 0.1) is 0 Å². The van der Waals surface area contributed by atoms with Gasteiger partial charge in [-0.1, -0.05) is 58.0 Å². The fourth-order valence-electron chi connectivity index (χ4n) is 1.60. The lowest BCUT2D eigenvalue weighted by Crippen LogP contribution is -1.92. The fourth-order valence-corrected chi connectivity index (χ4v) is 2.95. The Morgan fingerprint density at radius 1 is 0.900 bits per heavy atom. The maximum Gasteiger partial charge on any atom is 0.140 e. The first-order chi connectivity index (χ1) is 9.38. The van der Waals surface area contributed by atoms with Crippen LogP contribution in [0.3, 0.4) is 0 Å². The number of pyridine rings is 1. The van der Waals surface area contributed by atoms with Gasteiger partial charge in [0.1, 0.15) is 11.4 Å². The minimum Gasteiger partial charge on any atom is -0.506 e. The maximum atomic E-state index is 9.73. The van der Waals surface area contributed by atoms with Gasteiger partial charge >= 0.3 is 0 Å². The predicted molar refractivity (Wildman–Crippen MR) is 82.3 cm³/mol. The third-order valence-corrected chi connectivity index (χ3v) is 4.87. The minimum absolute atomic E-state index is 0.0521. The number of aliphatic hydroxyl groups excluding tert-OH is 1. The molecular formula is C12H6Cl5NO2. The molecule has 8 heteroatoms.